The number of halogens is 1. The molecule has 1 rings (SSSR count). The maximum Gasteiger partial charge on any atom is 0.288 e. The molecule has 0 aliphatic heterocycles. The van der Waals surface area contributed by atoms with Crippen LogP contribution in [0.2, 0.25) is 0 Å². The quantitative estimate of drug-likeness (QED) is 0.671. The first kappa shape index (κ1) is 14.1. The van der Waals surface area contributed by atoms with Crippen LogP contribution in [-0.4, -0.2) is 23.0 Å². The number of hydrogen-bond acceptors (Lipinski definition) is 4. The Morgan fingerprint density at radius 1 is 1.65 bits per heavy atom. The van der Waals surface area contributed by atoms with Crippen molar-refractivity contribution in [2.75, 3.05) is 7.05 Å². The van der Waals surface area contributed by atoms with Crippen LogP contribution >= 0.6 is 15.9 Å². The van der Waals surface area contributed by atoms with Gasteiger partial charge in [0.1, 0.15) is 6.20 Å². The summed E-state index contributed by atoms with van der Waals surface area (Å²) in [6, 6.07) is 1.78. The van der Waals surface area contributed by atoms with E-state index in [0.717, 1.165) is 12.1 Å². The molecular formula is C11H16BrN3O2. The van der Waals surface area contributed by atoms with Crippen LogP contribution in [0.25, 0.3) is 0 Å². The third kappa shape index (κ3) is 3.23. The fourth-order valence-electron chi connectivity index (χ4n) is 1.80. The number of nitrogens with zero attached hydrogens (tertiary/aromatic N) is 2. The van der Waals surface area contributed by atoms with Gasteiger partial charge in [-0.05, 0) is 36.3 Å². The van der Waals surface area contributed by atoms with Crippen LogP contribution < -0.4 is 5.32 Å². The Kier molecular flexibility index (Phi) is 5.02. The second kappa shape index (κ2) is 6.07. The minimum Gasteiger partial charge on any atom is -0.317 e. The van der Waals surface area contributed by atoms with E-state index in [-0.39, 0.29) is 17.6 Å². The van der Waals surface area contributed by atoms with Crippen LogP contribution in [0.4, 0.5) is 5.69 Å². The zero-order chi connectivity index (χ0) is 13.0. The SMILES string of the molecule is CCC(c1ncc([N+](=O)[O-])cc1Br)C(C)NC. The van der Waals surface area contributed by atoms with Crippen LogP contribution in [0.5, 0.6) is 0 Å². The predicted molar refractivity (Wildman–Crippen MR) is 70.1 cm³/mol. The zero-order valence-electron chi connectivity index (χ0n) is 10.1. The van der Waals surface area contributed by atoms with Crippen molar-refractivity contribution in [1.29, 1.82) is 0 Å². The van der Waals surface area contributed by atoms with Gasteiger partial charge >= 0.3 is 0 Å². The van der Waals surface area contributed by atoms with Crippen molar-refractivity contribution in [3.8, 4) is 0 Å². The molecule has 0 saturated heterocycles. The average Bonchev–Trinajstić information content (AvgIpc) is 2.31. The average molecular weight is 302 g/mol. The summed E-state index contributed by atoms with van der Waals surface area (Å²) in [5.74, 6) is 0.232. The molecule has 1 aromatic heterocycles. The van der Waals surface area contributed by atoms with E-state index in [1.54, 1.807) is 0 Å². The van der Waals surface area contributed by atoms with E-state index >= 15 is 0 Å². The molecule has 0 saturated carbocycles. The molecule has 1 aromatic rings. The summed E-state index contributed by atoms with van der Waals surface area (Å²) in [5, 5.41) is 13.8. The molecule has 0 bridgehead atoms. The number of hydrogen-bond donors (Lipinski definition) is 1. The topological polar surface area (TPSA) is 68.1 Å². The van der Waals surface area contributed by atoms with Gasteiger partial charge in [0, 0.05) is 22.5 Å². The van der Waals surface area contributed by atoms with Crippen LogP contribution in [0.3, 0.4) is 0 Å². The highest BCUT2D eigenvalue weighted by Crippen LogP contribution is 2.30. The van der Waals surface area contributed by atoms with Gasteiger partial charge < -0.3 is 5.32 Å². The summed E-state index contributed by atoms with van der Waals surface area (Å²) in [6.07, 6.45) is 2.23. The van der Waals surface area contributed by atoms with E-state index in [1.807, 2.05) is 7.05 Å². The minimum absolute atomic E-state index is 0.00703. The number of rotatable bonds is 5. The largest absolute Gasteiger partial charge is 0.317 e. The van der Waals surface area contributed by atoms with Crippen molar-refractivity contribution in [1.82, 2.24) is 10.3 Å². The molecule has 0 aromatic carbocycles. The van der Waals surface area contributed by atoms with E-state index in [2.05, 4.69) is 40.1 Å². The minimum atomic E-state index is -0.440. The Hall–Kier alpha value is -1.01. The molecule has 17 heavy (non-hydrogen) atoms. The molecule has 0 aliphatic carbocycles. The molecule has 0 aliphatic rings. The van der Waals surface area contributed by atoms with Crippen LogP contribution in [0.15, 0.2) is 16.7 Å². The highest BCUT2D eigenvalue weighted by Gasteiger charge is 2.21. The third-order valence-corrected chi connectivity index (χ3v) is 3.55. The van der Waals surface area contributed by atoms with E-state index in [0.29, 0.717) is 4.47 Å². The van der Waals surface area contributed by atoms with E-state index in [9.17, 15) is 10.1 Å². The smallest absolute Gasteiger partial charge is 0.288 e. The molecule has 94 valence electrons. The molecule has 5 nitrogen and oxygen atoms in total. The lowest BCUT2D eigenvalue weighted by Crippen LogP contribution is -2.29. The molecular weight excluding hydrogens is 286 g/mol. The first-order valence-corrected chi connectivity index (χ1v) is 6.27. The Bertz CT molecular complexity index is 412. The normalized spacial score (nSPS) is 14.4. The number of nitro groups is 1. The fraction of sp³-hybridized carbons (Fsp3) is 0.545. The number of likely N-dealkylation sites (N-methyl/N-ethyl adjacent to an activating group) is 1. The molecule has 6 heteroatoms. The van der Waals surface area contributed by atoms with Crippen molar-refractivity contribution < 1.29 is 4.92 Å². The van der Waals surface area contributed by atoms with E-state index in [1.165, 1.54) is 12.3 Å². The van der Waals surface area contributed by atoms with E-state index in [4.69, 9.17) is 0 Å². The third-order valence-electron chi connectivity index (χ3n) is 2.92. The number of aromatic nitrogens is 1. The van der Waals surface area contributed by atoms with Gasteiger partial charge in [-0.15, -0.1) is 0 Å². The van der Waals surface area contributed by atoms with Crippen molar-refractivity contribution in [2.45, 2.75) is 32.2 Å². The van der Waals surface area contributed by atoms with E-state index < -0.39 is 4.92 Å². The van der Waals surface area contributed by atoms with Crippen molar-refractivity contribution in [3.63, 3.8) is 0 Å². The Balaban J connectivity index is 3.09. The molecule has 2 unspecified atom stereocenters. The lowest BCUT2D eigenvalue weighted by molar-refractivity contribution is -0.385. The van der Waals surface area contributed by atoms with Gasteiger partial charge in [-0.25, -0.2) is 0 Å². The van der Waals surface area contributed by atoms with Gasteiger partial charge in [0.2, 0.25) is 0 Å². The molecule has 0 spiro atoms. The van der Waals surface area contributed by atoms with Gasteiger partial charge in [-0.3, -0.25) is 15.1 Å². The lowest BCUT2D eigenvalue weighted by Gasteiger charge is -2.22. The molecule has 1 heterocycles. The second-order valence-corrected chi connectivity index (χ2v) is 4.76. The summed E-state index contributed by atoms with van der Waals surface area (Å²) in [6.45, 7) is 4.15. The van der Waals surface area contributed by atoms with Crippen molar-refractivity contribution in [3.05, 3.63) is 32.5 Å². The van der Waals surface area contributed by atoms with Gasteiger partial charge in [-0.1, -0.05) is 6.92 Å². The highest BCUT2D eigenvalue weighted by molar-refractivity contribution is 9.10. The maximum absolute atomic E-state index is 10.6. The molecule has 2 atom stereocenters. The molecule has 0 fully saturated rings. The number of pyridine rings is 1. The molecule has 1 N–H and O–H groups in total. The van der Waals surface area contributed by atoms with Gasteiger partial charge in [0.15, 0.2) is 0 Å². The summed E-state index contributed by atoms with van der Waals surface area (Å²) in [4.78, 5) is 14.4. The first-order chi connectivity index (χ1) is 8.01. The van der Waals surface area contributed by atoms with Crippen molar-refractivity contribution in [2.24, 2.45) is 0 Å². The van der Waals surface area contributed by atoms with Gasteiger partial charge in [0.25, 0.3) is 5.69 Å². The Labute approximate surface area is 109 Å². The molecule has 0 radical (unpaired) electrons. The van der Waals surface area contributed by atoms with Crippen LogP contribution in [0.1, 0.15) is 31.9 Å². The monoisotopic (exact) mass is 301 g/mol. The van der Waals surface area contributed by atoms with Gasteiger partial charge in [-0.2, -0.15) is 0 Å². The Morgan fingerprint density at radius 3 is 2.71 bits per heavy atom. The number of nitrogens with one attached hydrogen (secondary N) is 1. The molecule has 0 amide bonds. The highest BCUT2D eigenvalue weighted by atomic mass is 79.9. The van der Waals surface area contributed by atoms with Crippen LogP contribution in [-0.2, 0) is 0 Å². The Morgan fingerprint density at radius 2 is 2.29 bits per heavy atom. The fourth-order valence-corrected chi connectivity index (χ4v) is 2.43. The summed E-state index contributed by atoms with van der Waals surface area (Å²) < 4.78 is 0.695. The lowest BCUT2D eigenvalue weighted by atomic mass is 9.94. The first-order valence-electron chi connectivity index (χ1n) is 5.48. The summed E-state index contributed by atoms with van der Waals surface area (Å²) in [7, 11) is 1.90. The predicted octanol–water partition coefficient (Wildman–Crippen LogP) is 2.85. The van der Waals surface area contributed by atoms with Gasteiger partial charge in [0.05, 0.1) is 10.6 Å². The maximum atomic E-state index is 10.6. The standard InChI is InChI=1S/C11H16BrN3O2/c1-4-9(7(2)13-3)11-10(12)5-8(6-14-11)15(16)17/h5-7,9,13H,4H2,1-3H3. The second-order valence-electron chi connectivity index (χ2n) is 3.91. The summed E-state index contributed by atoms with van der Waals surface area (Å²) in [5.41, 5.74) is 0.868. The zero-order valence-corrected chi connectivity index (χ0v) is 11.7. The van der Waals surface area contributed by atoms with Crippen molar-refractivity contribution >= 4 is 21.6 Å². The van der Waals surface area contributed by atoms with Crippen LogP contribution in [0, 0.1) is 10.1 Å². The summed E-state index contributed by atoms with van der Waals surface area (Å²) >= 11 is 3.36.